The molecule has 2 aromatic carbocycles. The Morgan fingerprint density at radius 3 is 2.50 bits per heavy atom. The fourth-order valence-electron chi connectivity index (χ4n) is 2.39. The number of amides is 1. The lowest BCUT2D eigenvalue weighted by molar-refractivity contribution is 0.0343. The number of carbonyl (C=O) groups is 1. The molecule has 0 aliphatic rings. The van der Waals surface area contributed by atoms with Crippen LogP contribution in [0.2, 0.25) is 0 Å². The topological polar surface area (TPSA) is 62.5 Å². The number of halogens is 2. The highest BCUT2D eigenvalue weighted by molar-refractivity contribution is 5.94. The summed E-state index contributed by atoms with van der Waals surface area (Å²) >= 11 is 0. The van der Waals surface area contributed by atoms with Gasteiger partial charge in [-0.05, 0) is 31.2 Å². The van der Waals surface area contributed by atoms with E-state index >= 15 is 0 Å². The van der Waals surface area contributed by atoms with Gasteiger partial charge in [0.15, 0.2) is 0 Å². The van der Waals surface area contributed by atoms with E-state index in [2.05, 4.69) is 5.32 Å². The number of hydrogen-bond acceptors (Lipinski definition) is 3. The van der Waals surface area contributed by atoms with E-state index in [1.54, 1.807) is 18.2 Å². The summed E-state index contributed by atoms with van der Waals surface area (Å²) in [7, 11) is 0. The van der Waals surface area contributed by atoms with Crippen LogP contribution >= 0.6 is 0 Å². The molecule has 0 bridgehead atoms. The fourth-order valence-corrected chi connectivity index (χ4v) is 2.39. The zero-order chi connectivity index (χ0) is 17.3. The van der Waals surface area contributed by atoms with Gasteiger partial charge >= 0.3 is 0 Å². The first-order chi connectivity index (χ1) is 11.4. The maximum absolute atomic E-state index is 13.6. The molecule has 3 rings (SSSR count). The van der Waals surface area contributed by atoms with E-state index in [0.717, 1.165) is 17.5 Å². The number of nitrogens with one attached hydrogen (secondary N) is 1. The highest BCUT2D eigenvalue weighted by Crippen LogP contribution is 2.27. The number of benzene rings is 2. The number of furan rings is 1. The van der Waals surface area contributed by atoms with E-state index < -0.39 is 28.7 Å². The van der Waals surface area contributed by atoms with E-state index in [1.165, 1.54) is 13.0 Å². The van der Waals surface area contributed by atoms with Crippen molar-refractivity contribution in [1.82, 2.24) is 5.32 Å². The van der Waals surface area contributed by atoms with Crippen molar-refractivity contribution in [3.05, 3.63) is 71.5 Å². The third-order valence-corrected chi connectivity index (χ3v) is 3.74. The first-order valence-corrected chi connectivity index (χ1v) is 7.32. The van der Waals surface area contributed by atoms with Crippen molar-refractivity contribution in [2.24, 2.45) is 0 Å². The second kappa shape index (κ2) is 6.05. The summed E-state index contributed by atoms with van der Waals surface area (Å²) in [4.78, 5) is 12.0. The lowest BCUT2D eigenvalue weighted by Gasteiger charge is -2.21. The first-order valence-electron chi connectivity index (χ1n) is 7.32. The van der Waals surface area contributed by atoms with Crippen LogP contribution in [0.4, 0.5) is 8.78 Å². The van der Waals surface area contributed by atoms with Crippen LogP contribution < -0.4 is 5.32 Å². The van der Waals surface area contributed by atoms with Crippen molar-refractivity contribution < 1.29 is 23.1 Å². The maximum Gasteiger partial charge on any atom is 0.257 e. The Morgan fingerprint density at radius 2 is 1.83 bits per heavy atom. The molecule has 1 heterocycles. The van der Waals surface area contributed by atoms with Gasteiger partial charge in [0.2, 0.25) is 0 Å². The number of rotatable bonds is 4. The third-order valence-electron chi connectivity index (χ3n) is 3.74. The second-order valence-corrected chi connectivity index (χ2v) is 5.70. The Balaban J connectivity index is 1.78. The molecule has 1 amide bonds. The van der Waals surface area contributed by atoms with E-state index in [4.69, 9.17) is 4.42 Å². The van der Waals surface area contributed by atoms with Crippen LogP contribution in [0, 0.1) is 11.6 Å². The molecule has 6 heteroatoms. The summed E-state index contributed by atoms with van der Waals surface area (Å²) < 4.78 is 32.8. The number of fused-ring (bicyclic) bond motifs is 1. The van der Waals surface area contributed by atoms with Gasteiger partial charge in [0.1, 0.15) is 34.1 Å². The van der Waals surface area contributed by atoms with Gasteiger partial charge in [0.25, 0.3) is 5.91 Å². The van der Waals surface area contributed by atoms with E-state index in [-0.39, 0.29) is 12.3 Å². The molecule has 1 aromatic heterocycles. The first kappa shape index (κ1) is 16.1. The average molecular weight is 331 g/mol. The smallest absolute Gasteiger partial charge is 0.257 e. The number of carbonyl (C=O) groups excluding carboxylic acids is 1. The summed E-state index contributed by atoms with van der Waals surface area (Å²) in [6.45, 7) is 1.18. The Kier molecular flexibility index (Phi) is 4.07. The van der Waals surface area contributed by atoms with Crippen LogP contribution in [-0.2, 0) is 5.60 Å². The van der Waals surface area contributed by atoms with Crippen LogP contribution in [-0.4, -0.2) is 17.6 Å². The SMILES string of the molecule is CC(O)(CNC(=O)c1c(F)cccc1F)c1cc2ccccc2o1. The lowest BCUT2D eigenvalue weighted by Crippen LogP contribution is -2.39. The number of aliphatic hydroxyl groups is 1. The monoisotopic (exact) mass is 331 g/mol. The van der Waals surface area contributed by atoms with Gasteiger partial charge in [-0.3, -0.25) is 4.79 Å². The highest BCUT2D eigenvalue weighted by atomic mass is 19.1. The number of para-hydroxylation sites is 1. The molecule has 0 radical (unpaired) electrons. The van der Waals surface area contributed by atoms with Gasteiger partial charge in [-0.15, -0.1) is 0 Å². The van der Waals surface area contributed by atoms with E-state index in [0.29, 0.717) is 5.58 Å². The molecule has 1 atom stereocenters. The zero-order valence-corrected chi connectivity index (χ0v) is 12.8. The predicted octanol–water partition coefficient (Wildman–Crippen LogP) is 3.35. The molecule has 0 saturated heterocycles. The summed E-state index contributed by atoms with van der Waals surface area (Å²) in [5.74, 6) is -2.62. The Morgan fingerprint density at radius 1 is 1.17 bits per heavy atom. The molecule has 0 aliphatic heterocycles. The highest BCUT2D eigenvalue weighted by Gasteiger charge is 2.29. The van der Waals surface area contributed by atoms with Gasteiger partial charge in [-0.1, -0.05) is 24.3 Å². The minimum absolute atomic E-state index is 0.248. The number of hydrogen-bond donors (Lipinski definition) is 2. The minimum atomic E-state index is -1.53. The normalized spacial score (nSPS) is 13.7. The van der Waals surface area contributed by atoms with Crippen molar-refractivity contribution in [3.8, 4) is 0 Å². The predicted molar refractivity (Wildman–Crippen MR) is 84.5 cm³/mol. The standard InChI is InChI=1S/C18H15F2NO3/c1-18(23,15-9-11-5-2-3-8-14(11)24-15)10-21-17(22)16-12(19)6-4-7-13(16)20/h2-9,23H,10H2,1H3,(H,21,22). The maximum atomic E-state index is 13.6. The quantitative estimate of drug-likeness (QED) is 0.771. The molecule has 124 valence electrons. The molecule has 2 N–H and O–H groups in total. The molecule has 0 saturated carbocycles. The van der Waals surface area contributed by atoms with Gasteiger partial charge < -0.3 is 14.8 Å². The van der Waals surface area contributed by atoms with Crippen molar-refractivity contribution in [1.29, 1.82) is 0 Å². The molecule has 3 aromatic rings. The Bertz CT molecular complexity index is 849. The molecule has 0 fully saturated rings. The van der Waals surface area contributed by atoms with Crippen LogP contribution in [0.1, 0.15) is 23.0 Å². The summed E-state index contributed by atoms with van der Waals surface area (Å²) in [5.41, 5.74) is -1.62. The van der Waals surface area contributed by atoms with Crippen molar-refractivity contribution in [2.45, 2.75) is 12.5 Å². The van der Waals surface area contributed by atoms with Gasteiger partial charge in [-0.2, -0.15) is 0 Å². The van der Waals surface area contributed by atoms with Gasteiger partial charge in [0.05, 0.1) is 6.54 Å². The summed E-state index contributed by atoms with van der Waals surface area (Å²) in [6.07, 6.45) is 0. The van der Waals surface area contributed by atoms with Gasteiger partial charge in [0, 0.05) is 5.39 Å². The fraction of sp³-hybridized carbons (Fsp3) is 0.167. The van der Waals surface area contributed by atoms with Crippen molar-refractivity contribution in [2.75, 3.05) is 6.54 Å². The van der Waals surface area contributed by atoms with E-state index in [9.17, 15) is 18.7 Å². The second-order valence-electron chi connectivity index (χ2n) is 5.70. The Hall–Kier alpha value is -2.73. The molecule has 0 aliphatic carbocycles. The van der Waals surface area contributed by atoms with Crippen LogP contribution in [0.25, 0.3) is 11.0 Å². The molecular weight excluding hydrogens is 316 g/mol. The summed E-state index contributed by atoms with van der Waals surface area (Å²) in [5, 5.41) is 13.7. The van der Waals surface area contributed by atoms with Crippen LogP contribution in [0.5, 0.6) is 0 Å². The minimum Gasteiger partial charge on any atom is -0.458 e. The van der Waals surface area contributed by atoms with Gasteiger partial charge in [-0.25, -0.2) is 8.78 Å². The van der Waals surface area contributed by atoms with Crippen LogP contribution in [0.3, 0.4) is 0 Å². The van der Waals surface area contributed by atoms with Crippen molar-refractivity contribution in [3.63, 3.8) is 0 Å². The third kappa shape index (κ3) is 3.00. The molecule has 0 spiro atoms. The largest absolute Gasteiger partial charge is 0.458 e. The molecule has 24 heavy (non-hydrogen) atoms. The van der Waals surface area contributed by atoms with Crippen molar-refractivity contribution >= 4 is 16.9 Å². The van der Waals surface area contributed by atoms with E-state index in [1.807, 2.05) is 12.1 Å². The molecule has 1 unspecified atom stereocenters. The molecular formula is C18H15F2NO3. The average Bonchev–Trinajstić information content (AvgIpc) is 2.98. The Labute approximate surface area is 136 Å². The zero-order valence-electron chi connectivity index (χ0n) is 12.8. The molecule has 4 nitrogen and oxygen atoms in total. The summed E-state index contributed by atoms with van der Waals surface area (Å²) in [6, 6.07) is 12.0. The lowest BCUT2D eigenvalue weighted by atomic mass is 10.0. The van der Waals surface area contributed by atoms with Crippen LogP contribution in [0.15, 0.2) is 52.9 Å².